The monoisotopic (exact) mass is 261 g/mol. The predicted octanol–water partition coefficient (Wildman–Crippen LogP) is 4.13. The maximum atomic E-state index is 10.0. The summed E-state index contributed by atoms with van der Waals surface area (Å²) in [5, 5.41) is 10.0. The van der Waals surface area contributed by atoms with Gasteiger partial charge in [-0.15, -0.1) is 0 Å². The van der Waals surface area contributed by atoms with Crippen LogP contribution in [-0.2, 0) is 0 Å². The van der Waals surface area contributed by atoms with Gasteiger partial charge >= 0.3 is 0 Å². The number of piperidine rings is 1. The second kappa shape index (κ2) is 5.96. The van der Waals surface area contributed by atoms with Crippen LogP contribution in [0.5, 0.6) is 5.75 Å². The van der Waals surface area contributed by atoms with Crippen molar-refractivity contribution in [3.63, 3.8) is 0 Å². The zero-order chi connectivity index (χ0) is 14.0. The number of nitrogens with zero attached hydrogens (tertiary/aromatic N) is 1. The Morgan fingerprint density at radius 2 is 1.79 bits per heavy atom. The van der Waals surface area contributed by atoms with Crippen LogP contribution >= 0.6 is 0 Å². The molecule has 0 saturated carbocycles. The number of benzene rings is 1. The minimum atomic E-state index is 0.313. The molecule has 2 nitrogen and oxygen atoms in total. The molecule has 1 fully saturated rings. The van der Waals surface area contributed by atoms with Gasteiger partial charge < -0.3 is 5.11 Å². The minimum absolute atomic E-state index is 0.313. The SMILES string of the molecule is Cc1ccc(O)c(C(C)N2CCC(C(C)C)CC2)c1. The van der Waals surface area contributed by atoms with Crippen LogP contribution in [0.15, 0.2) is 18.2 Å². The molecule has 0 aliphatic carbocycles. The highest BCUT2D eigenvalue weighted by atomic mass is 16.3. The number of aryl methyl sites for hydroxylation is 1. The van der Waals surface area contributed by atoms with Gasteiger partial charge in [-0.25, -0.2) is 0 Å². The third-order valence-electron chi connectivity index (χ3n) is 4.70. The van der Waals surface area contributed by atoms with Crippen molar-refractivity contribution in [3.05, 3.63) is 29.3 Å². The molecular formula is C17H27NO. The fourth-order valence-electron chi connectivity index (χ4n) is 3.18. The molecule has 19 heavy (non-hydrogen) atoms. The van der Waals surface area contributed by atoms with Gasteiger partial charge in [-0.2, -0.15) is 0 Å². The topological polar surface area (TPSA) is 23.5 Å². The van der Waals surface area contributed by atoms with E-state index in [9.17, 15) is 5.11 Å². The van der Waals surface area contributed by atoms with E-state index in [1.165, 1.54) is 18.4 Å². The molecule has 1 atom stereocenters. The lowest BCUT2D eigenvalue weighted by Gasteiger charge is -2.37. The molecule has 1 heterocycles. The Morgan fingerprint density at radius 3 is 2.37 bits per heavy atom. The van der Waals surface area contributed by atoms with E-state index in [-0.39, 0.29) is 0 Å². The van der Waals surface area contributed by atoms with Crippen molar-refractivity contribution in [2.75, 3.05) is 13.1 Å². The number of hydrogen-bond donors (Lipinski definition) is 1. The van der Waals surface area contributed by atoms with Crippen LogP contribution in [0.3, 0.4) is 0 Å². The minimum Gasteiger partial charge on any atom is -0.508 e. The van der Waals surface area contributed by atoms with Gasteiger partial charge in [-0.05, 0) is 57.7 Å². The van der Waals surface area contributed by atoms with E-state index in [0.29, 0.717) is 11.8 Å². The molecule has 2 heteroatoms. The van der Waals surface area contributed by atoms with Crippen LogP contribution in [0.25, 0.3) is 0 Å². The summed E-state index contributed by atoms with van der Waals surface area (Å²) in [5.41, 5.74) is 2.29. The van der Waals surface area contributed by atoms with E-state index in [1.54, 1.807) is 0 Å². The van der Waals surface area contributed by atoms with Crippen LogP contribution in [0.1, 0.15) is 50.8 Å². The van der Waals surface area contributed by atoms with Gasteiger partial charge in [0, 0.05) is 11.6 Å². The van der Waals surface area contributed by atoms with E-state index < -0.39 is 0 Å². The van der Waals surface area contributed by atoms with Gasteiger partial charge in [0.05, 0.1) is 0 Å². The summed E-state index contributed by atoms with van der Waals surface area (Å²) in [5.74, 6) is 2.10. The summed E-state index contributed by atoms with van der Waals surface area (Å²) >= 11 is 0. The van der Waals surface area contributed by atoms with Crippen LogP contribution in [-0.4, -0.2) is 23.1 Å². The smallest absolute Gasteiger partial charge is 0.120 e. The molecule has 1 unspecified atom stereocenters. The lowest BCUT2D eigenvalue weighted by Crippen LogP contribution is -2.37. The van der Waals surface area contributed by atoms with E-state index in [0.717, 1.165) is 30.5 Å². The molecule has 0 radical (unpaired) electrons. The first kappa shape index (κ1) is 14.4. The predicted molar refractivity (Wildman–Crippen MR) is 80.4 cm³/mol. The normalized spacial score (nSPS) is 19.8. The molecule has 106 valence electrons. The van der Waals surface area contributed by atoms with Gasteiger partial charge in [0.15, 0.2) is 0 Å². The molecule has 0 bridgehead atoms. The average Bonchev–Trinajstić information content (AvgIpc) is 2.41. The highest BCUT2D eigenvalue weighted by Gasteiger charge is 2.26. The summed E-state index contributed by atoms with van der Waals surface area (Å²) in [7, 11) is 0. The number of aromatic hydroxyl groups is 1. The summed E-state index contributed by atoms with van der Waals surface area (Å²) in [6.07, 6.45) is 2.57. The summed E-state index contributed by atoms with van der Waals surface area (Å²) < 4.78 is 0. The Kier molecular flexibility index (Phi) is 4.51. The molecule has 0 spiro atoms. The van der Waals surface area contributed by atoms with E-state index in [2.05, 4.69) is 38.7 Å². The lowest BCUT2D eigenvalue weighted by molar-refractivity contribution is 0.121. The Labute approximate surface area is 117 Å². The van der Waals surface area contributed by atoms with Crippen molar-refractivity contribution >= 4 is 0 Å². The molecule has 2 rings (SSSR count). The number of likely N-dealkylation sites (tertiary alicyclic amines) is 1. The molecule has 1 N–H and O–H groups in total. The van der Waals surface area contributed by atoms with Crippen molar-refractivity contribution in [1.29, 1.82) is 0 Å². The third-order valence-corrected chi connectivity index (χ3v) is 4.70. The van der Waals surface area contributed by atoms with Gasteiger partial charge in [0.2, 0.25) is 0 Å². The van der Waals surface area contributed by atoms with Crippen molar-refractivity contribution in [2.45, 2.75) is 46.6 Å². The van der Waals surface area contributed by atoms with Gasteiger partial charge in [-0.3, -0.25) is 4.90 Å². The second-order valence-electron chi connectivity index (χ2n) is 6.36. The molecule has 1 aliphatic rings. The van der Waals surface area contributed by atoms with Gasteiger partial charge in [0.1, 0.15) is 5.75 Å². The Hall–Kier alpha value is -1.02. The maximum Gasteiger partial charge on any atom is 0.120 e. The molecule has 0 aromatic heterocycles. The number of hydrogen-bond acceptors (Lipinski definition) is 2. The molecular weight excluding hydrogens is 234 g/mol. The summed E-state index contributed by atoms with van der Waals surface area (Å²) in [6.45, 7) is 11.3. The lowest BCUT2D eigenvalue weighted by atomic mass is 9.86. The third kappa shape index (κ3) is 3.30. The molecule has 1 aromatic carbocycles. The highest BCUT2D eigenvalue weighted by Crippen LogP contribution is 2.33. The number of rotatable bonds is 3. The Morgan fingerprint density at radius 1 is 1.16 bits per heavy atom. The fraction of sp³-hybridized carbons (Fsp3) is 0.647. The van der Waals surface area contributed by atoms with Crippen molar-refractivity contribution in [2.24, 2.45) is 11.8 Å². The van der Waals surface area contributed by atoms with Crippen LogP contribution in [0.2, 0.25) is 0 Å². The van der Waals surface area contributed by atoms with Crippen LogP contribution in [0.4, 0.5) is 0 Å². The largest absolute Gasteiger partial charge is 0.508 e. The second-order valence-corrected chi connectivity index (χ2v) is 6.36. The standard InChI is InChI=1S/C17H27NO/c1-12(2)15-7-9-18(10-8-15)14(4)16-11-13(3)5-6-17(16)19/h5-6,11-12,14-15,19H,7-10H2,1-4H3. The van der Waals surface area contributed by atoms with Crippen LogP contribution < -0.4 is 0 Å². The first-order valence-corrected chi connectivity index (χ1v) is 7.52. The van der Waals surface area contributed by atoms with Crippen LogP contribution in [0, 0.1) is 18.8 Å². The summed E-state index contributed by atoms with van der Waals surface area (Å²) in [6, 6.07) is 6.22. The quantitative estimate of drug-likeness (QED) is 0.884. The summed E-state index contributed by atoms with van der Waals surface area (Å²) in [4.78, 5) is 2.51. The zero-order valence-electron chi connectivity index (χ0n) is 12.7. The maximum absolute atomic E-state index is 10.0. The van der Waals surface area contributed by atoms with E-state index >= 15 is 0 Å². The fourth-order valence-corrected chi connectivity index (χ4v) is 3.18. The first-order chi connectivity index (χ1) is 8.99. The number of phenolic OH excluding ortho intramolecular Hbond substituents is 1. The Balaban J connectivity index is 2.05. The van der Waals surface area contributed by atoms with Crippen molar-refractivity contribution < 1.29 is 5.11 Å². The Bertz CT molecular complexity index is 419. The average molecular weight is 261 g/mol. The zero-order valence-corrected chi connectivity index (χ0v) is 12.7. The first-order valence-electron chi connectivity index (χ1n) is 7.52. The molecule has 1 aromatic rings. The van der Waals surface area contributed by atoms with E-state index in [4.69, 9.17) is 0 Å². The van der Waals surface area contributed by atoms with Gasteiger partial charge in [0.25, 0.3) is 0 Å². The highest BCUT2D eigenvalue weighted by molar-refractivity contribution is 5.37. The van der Waals surface area contributed by atoms with Gasteiger partial charge in [-0.1, -0.05) is 31.5 Å². The van der Waals surface area contributed by atoms with E-state index in [1.807, 2.05) is 12.1 Å². The molecule has 0 amide bonds. The van der Waals surface area contributed by atoms with Crippen molar-refractivity contribution in [3.8, 4) is 5.75 Å². The molecule has 1 saturated heterocycles. The molecule has 1 aliphatic heterocycles. The van der Waals surface area contributed by atoms with Crippen molar-refractivity contribution in [1.82, 2.24) is 4.90 Å². The number of phenols is 1.